The molecule has 180 valence electrons. The van der Waals surface area contributed by atoms with Crippen LogP contribution in [0, 0.1) is 23.7 Å². The van der Waals surface area contributed by atoms with Crippen molar-refractivity contribution in [3.8, 4) is 29.4 Å². The minimum absolute atomic E-state index is 0.139. The summed E-state index contributed by atoms with van der Waals surface area (Å²) >= 11 is 0. The van der Waals surface area contributed by atoms with E-state index in [-0.39, 0.29) is 18.8 Å². The lowest BCUT2D eigenvalue weighted by Gasteiger charge is -2.12. The summed E-state index contributed by atoms with van der Waals surface area (Å²) in [6.45, 7) is 2.32. The molecule has 0 atom stereocenters. The van der Waals surface area contributed by atoms with Crippen LogP contribution in [0.1, 0.15) is 60.4 Å². The second kappa shape index (κ2) is 13.4. The molecule has 0 aliphatic carbocycles. The number of hydrogen-bond donors (Lipinski definition) is 1. The molecule has 0 aliphatic rings. The zero-order valence-electron chi connectivity index (χ0n) is 20.0. The lowest BCUT2D eigenvalue weighted by atomic mass is 9.97. The highest BCUT2D eigenvalue weighted by Crippen LogP contribution is 2.25. The molecule has 4 nitrogen and oxygen atoms in total. The molecule has 3 aromatic rings. The predicted molar refractivity (Wildman–Crippen MR) is 141 cm³/mol. The first-order valence-corrected chi connectivity index (χ1v) is 13.4. The van der Waals surface area contributed by atoms with Crippen LogP contribution in [0.15, 0.2) is 72.8 Å². The molecule has 0 unspecified atom stereocenters. The molecular formula is C30H30O4S. The summed E-state index contributed by atoms with van der Waals surface area (Å²) in [6.07, 6.45) is 4.37. The minimum Gasteiger partial charge on any atom is -0.492 e. The van der Waals surface area contributed by atoms with E-state index in [9.17, 15) is 8.42 Å². The highest BCUT2D eigenvalue weighted by atomic mass is 32.2. The third-order valence-corrected chi connectivity index (χ3v) is 6.09. The van der Waals surface area contributed by atoms with Crippen LogP contribution < -0.4 is 4.74 Å². The molecule has 5 heteroatoms. The van der Waals surface area contributed by atoms with Crippen LogP contribution >= 0.6 is 0 Å². The standard InChI is InChI=1S/C30H30O4S/c1-2-3-6-16-27-23-29(20-18-26-14-9-5-10-15-26)30(34-21-11-22-35(31,32)33)24-28(27)19-17-25-12-7-4-8-13-25/h4-5,7-10,12-15,23-24H,2-3,6,11,16,21-22H2,1H3,(H,31,32,33). The molecule has 0 amide bonds. The number of ether oxygens (including phenoxy) is 1. The van der Waals surface area contributed by atoms with E-state index < -0.39 is 10.1 Å². The molecule has 0 saturated heterocycles. The number of unbranched alkanes of at least 4 members (excludes halogenated alkanes) is 2. The Morgan fingerprint density at radius 1 is 0.771 bits per heavy atom. The summed E-state index contributed by atoms with van der Waals surface area (Å²) in [4.78, 5) is 0. The van der Waals surface area contributed by atoms with Crippen molar-refractivity contribution in [2.24, 2.45) is 0 Å². The molecule has 3 aromatic carbocycles. The average Bonchev–Trinajstić information content (AvgIpc) is 2.86. The fourth-order valence-corrected chi connectivity index (χ4v) is 3.96. The maximum Gasteiger partial charge on any atom is 0.264 e. The second-order valence-corrected chi connectivity index (χ2v) is 9.75. The Morgan fingerprint density at radius 3 is 1.94 bits per heavy atom. The van der Waals surface area contributed by atoms with Crippen LogP contribution in [-0.2, 0) is 16.5 Å². The Bertz CT molecular complexity index is 1320. The molecule has 0 heterocycles. The van der Waals surface area contributed by atoms with Crippen LogP contribution in [0.3, 0.4) is 0 Å². The predicted octanol–water partition coefficient (Wildman–Crippen LogP) is 5.88. The molecule has 0 bridgehead atoms. The van der Waals surface area contributed by atoms with Gasteiger partial charge in [0.15, 0.2) is 0 Å². The maximum atomic E-state index is 11.1. The summed E-state index contributed by atoms with van der Waals surface area (Å²) in [5.74, 6) is 13.1. The van der Waals surface area contributed by atoms with E-state index in [1.165, 1.54) is 0 Å². The van der Waals surface area contributed by atoms with Crippen molar-refractivity contribution in [2.45, 2.75) is 39.0 Å². The maximum absolute atomic E-state index is 11.1. The van der Waals surface area contributed by atoms with Gasteiger partial charge in [-0.2, -0.15) is 8.42 Å². The molecule has 1 N–H and O–H groups in total. The number of hydrogen-bond acceptors (Lipinski definition) is 3. The van der Waals surface area contributed by atoms with E-state index in [0.29, 0.717) is 5.75 Å². The molecule has 0 aliphatic heterocycles. The Hall–Kier alpha value is -3.51. The van der Waals surface area contributed by atoms with E-state index in [0.717, 1.165) is 53.5 Å². The van der Waals surface area contributed by atoms with Crippen molar-refractivity contribution in [2.75, 3.05) is 12.4 Å². The summed E-state index contributed by atoms with van der Waals surface area (Å²) in [5.41, 5.74) is 4.54. The first-order valence-electron chi connectivity index (χ1n) is 11.8. The number of aryl methyl sites for hydroxylation is 1. The van der Waals surface area contributed by atoms with Gasteiger partial charge in [0.2, 0.25) is 0 Å². The van der Waals surface area contributed by atoms with Crippen molar-refractivity contribution in [3.05, 3.63) is 101 Å². The lowest BCUT2D eigenvalue weighted by molar-refractivity contribution is 0.315. The molecule has 0 radical (unpaired) electrons. The molecule has 0 saturated carbocycles. The Kier molecular flexibility index (Phi) is 9.99. The van der Waals surface area contributed by atoms with Gasteiger partial charge in [-0.15, -0.1) is 0 Å². The van der Waals surface area contributed by atoms with Crippen LogP contribution in [0.4, 0.5) is 0 Å². The van der Waals surface area contributed by atoms with Gasteiger partial charge in [-0.3, -0.25) is 4.55 Å². The zero-order valence-corrected chi connectivity index (χ0v) is 20.8. The van der Waals surface area contributed by atoms with E-state index in [2.05, 4.69) is 30.6 Å². The zero-order chi connectivity index (χ0) is 24.9. The van der Waals surface area contributed by atoms with E-state index in [4.69, 9.17) is 9.29 Å². The van der Waals surface area contributed by atoms with E-state index >= 15 is 0 Å². The topological polar surface area (TPSA) is 63.6 Å². The highest BCUT2D eigenvalue weighted by Gasteiger charge is 2.11. The first-order chi connectivity index (χ1) is 16.9. The molecule has 3 rings (SSSR count). The van der Waals surface area contributed by atoms with E-state index in [1.54, 1.807) is 0 Å². The minimum atomic E-state index is -4.03. The highest BCUT2D eigenvalue weighted by molar-refractivity contribution is 7.85. The fraction of sp³-hybridized carbons (Fsp3) is 0.267. The summed E-state index contributed by atoms with van der Waals surface area (Å²) in [7, 11) is -4.03. The largest absolute Gasteiger partial charge is 0.492 e. The van der Waals surface area contributed by atoms with Gasteiger partial charge in [-0.25, -0.2) is 0 Å². The van der Waals surface area contributed by atoms with Gasteiger partial charge in [0.05, 0.1) is 17.9 Å². The van der Waals surface area contributed by atoms with Crippen LogP contribution in [0.2, 0.25) is 0 Å². The van der Waals surface area contributed by atoms with Gasteiger partial charge in [0.25, 0.3) is 10.1 Å². The third kappa shape index (κ3) is 9.33. The van der Waals surface area contributed by atoms with Gasteiger partial charge >= 0.3 is 0 Å². The van der Waals surface area contributed by atoms with E-state index in [1.807, 2.05) is 72.8 Å². The average molecular weight is 487 g/mol. The van der Waals surface area contributed by atoms with Crippen molar-refractivity contribution in [1.29, 1.82) is 0 Å². The summed E-state index contributed by atoms with van der Waals surface area (Å²) in [6, 6.07) is 23.5. The Morgan fingerprint density at radius 2 is 1.37 bits per heavy atom. The van der Waals surface area contributed by atoms with Crippen LogP contribution in [0.25, 0.3) is 0 Å². The van der Waals surface area contributed by atoms with Crippen molar-refractivity contribution in [1.82, 2.24) is 0 Å². The first kappa shape index (κ1) is 26.1. The quantitative estimate of drug-likeness (QED) is 0.233. The SMILES string of the molecule is CCCCCc1cc(C#Cc2ccccc2)c(OCCCS(=O)(=O)O)cc1C#Cc1ccccc1. The van der Waals surface area contributed by atoms with Gasteiger partial charge in [-0.1, -0.05) is 79.8 Å². The Balaban J connectivity index is 1.98. The van der Waals surface area contributed by atoms with Crippen molar-refractivity contribution < 1.29 is 17.7 Å². The van der Waals surface area contributed by atoms with Crippen LogP contribution in [-0.4, -0.2) is 25.3 Å². The summed E-state index contributed by atoms with van der Waals surface area (Å²) < 4.78 is 37.1. The van der Waals surface area contributed by atoms with Gasteiger partial charge in [0.1, 0.15) is 5.75 Å². The number of benzene rings is 3. The monoisotopic (exact) mass is 486 g/mol. The van der Waals surface area contributed by atoms with Gasteiger partial charge in [-0.05, 0) is 61.2 Å². The third-order valence-electron chi connectivity index (χ3n) is 5.29. The van der Waals surface area contributed by atoms with Gasteiger partial charge < -0.3 is 4.74 Å². The second-order valence-electron chi connectivity index (χ2n) is 8.18. The van der Waals surface area contributed by atoms with Crippen LogP contribution in [0.5, 0.6) is 5.75 Å². The van der Waals surface area contributed by atoms with Crippen molar-refractivity contribution >= 4 is 10.1 Å². The molecule has 0 fully saturated rings. The molecule has 0 spiro atoms. The molecule has 35 heavy (non-hydrogen) atoms. The smallest absolute Gasteiger partial charge is 0.264 e. The molecule has 0 aromatic heterocycles. The number of rotatable bonds is 9. The summed E-state index contributed by atoms with van der Waals surface area (Å²) in [5, 5.41) is 0. The normalized spacial score (nSPS) is 10.6. The lowest BCUT2D eigenvalue weighted by Crippen LogP contribution is -2.09. The Labute approximate surface area is 209 Å². The fourth-order valence-electron chi connectivity index (χ4n) is 3.48. The van der Waals surface area contributed by atoms with Gasteiger partial charge in [0, 0.05) is 16.7 Å². The van der Waals surface area contributed by atoms with Crippen molar-refractivity contribution in [3.63, 3.8) is 0 Å². The molecular weight excluding hydrogens is 456 g/mol.